The normalized spacial score (nSPS) is 30.7. The number of hydrogen-bond acceptors (Lipinski definition) is 0. The fraction of sp³-hybridized carbons (Fsp3) is 0.652. The number of benzene rings is 1. The third-order valence-electron chi connectivity index (χ3n) is 6.47. The van der Waals surface area contributed by atoms with E-state index in [4.69, 9.17) is 0 Å². The standard InChI is InChI=1S/C23H32F2/c1-17-6-8-18(9-7-17)4-2-3-5-19-10-12-20(13-11-19)21-14-15-22(24)23(25)16-21/h3,5,14-20H,2,4,6-13H2,1H3/b5-3+. The number of rotatable bonds is 5. The van der Waals surface area contributed by atoms with Crippen molar-refractivity contribution in [3.63, 3.8) is 0 Å². The number of halogens is 2. The molecule has 0 saturated heterocycles. The first-order chi connectivity index (χ1) is 12.1. The van der Waals surface area contributed by atoms with Gasteiger partial charge in [0.15, 0.2) is 11.6 Å². The van der Waals surface area contributed by atoms with E-state index in [0.29, 0.717) is 11.8 Å². The van der Waals surface area contributed by atoms with Gasteiger partial charge in [0.2, 0.25) is 0 Å². The molecule has 0 nitrogen and oxygen atoms in total. The van der Waals surface area contributed by atoms with E-state index in [1.165, 1.54) is 63.5 Å². The summed E-state index contributed by atoms with van der Waals surface area (Å²) in [5.41, 5.74) is 0.966. The smallest absolute Gasteiger partial charge is 0.159 e. The zero-order chi connectivity index (χ0) is 17.6. The number of hydrogen-bond donors (Lipinski definition) is 0. The van der Waals surface area contributed by atoms with Crippen molar-refractivity contribution < 1.29 is 8.78 Å². The lowest BCUT2D eigenvalue weighted by Gasteiger charge is -2.27. The van der Waals surface area contributed by atoms with Crippen molar-refractivity contribution in [2.75, 3.05) is 0 Å². The van der Waals surface area contributed by atoms with Crippen molar-refractivity contribution in [3.05, 3.63) is 47.5 Å². The average Bonchev–Trinajstić information content (AvgIpc) is 2.63. The Kier molecular flexibility index (Phi) is 6.67. The summed E-state index contributed by atoms with van der Waals surface area (Å²) in [5, 5.41) is 0. The predicted octanol–water partition coefficient (Wildman–Crippen LogP) is 7.40. The van der Waals surface area contributed by atoms with E-state index in [9.17, 15) is 8.78 Å². The lowest BCUT2D eigenvalue weighted by Crippen LogP contribution is -2.12. The first-order valence-corrected chi connectivity index (χ1v) is 10.2. The van der Waals surface area contributed by atoms with Gasteiger partial charge in [-0.05, 0) is 79.9 Å². The molecule has 0 aromatic heterocycles. The molecule has 0 radical (unpaired) electrons. The first-order valence-electron chi connectivity index (χ1n) is 10.2. The highest BCUT2D eigenvalue weighted by Crippen LogP contribution is 2.37. The highest BCUT2D eigenvalue weighted by atomic mass is 19.2. The van der Waals surface area contributed by atoms with Crippen LogP contribution in [0.25, 0.3) is 0 Å². The van der Waals surface area contributed by atoms with Gasteiger partial charge in [-0.25, -0.2) is 8.78 Å². The molecule has 0 amide bonds. The summed E-state index contributed by atoms with van der Waals surface area (Å²) in [6.07, 6.45) is 17.6. The molecule has 2 heteroatoms. The molecule has 0 bridgehead atoms. The van der Waals surface area contributed by atoms with E-state index in [1.54, 1.807) is 6.07 Å². The van der Waals surface area contributed by atoms with Crippen molar-refractivity contribution in [1.29, 1.82) is 0 Å². The Labute approximate surface area is 151 Å². The Bertz CT molecular complexity index is 561. The molecular formula is C23H32F2. The van der Waals surface area contributed by atoms with Gasteiger partial charge < -0.3 is 0 Å². The van der Waals surface area contributed by atoms with E-state index in [2.05, 4.69) is 19.1 Å². The molecule has 138 valence electrons. The predicted molar refractivity (Wildman–Crippen MR) is 101 cm³/mol. The molecule has 0 aliphatic heterocycles. The SMILES string of the molecule is CC1CCC(CC/C=C/C2CCC(c3ccc(F)c(F)c3)CC2)CC1. The molecule has 25 heavy (non-hydrogen) atoms. The van der Waals surface area contributed by atoms with Gasteiger partial charge in [0.05, 0.1) is 0 Å². The lowest BCUT2D eigenvalue weighted by molar-refractivity contribution is 0.278. The van der Waals surface area contributed by atoms with E-state index in [-0.39, 0.29) is 0 Å². The summed E-state index contributed by atoms with van der Waals surface area (Å²) < 4.78 is 26.5. The second kappa shape index (κ2) is 8.96. The van der Waals surface area contributed by atoms with E-state index >= 15 is 0 Å². The molecule has 0 spiro atoms. The van der Waals surface area contributed by atoms with Crippen molar-refractivity contribution >= 4 is 0 Å². The molecule has 2 saturated carbocycles. The average molecular weight is 347 g/mol. The molecule has 2 aliphatic carbocycles. The van der Waals surface area contributed by atoms with Crippen molar-refractivity contribution in [2.24, 2.45) is 17.8 Å². The molecule has 0 atom stereocenters. The van der Waals surface area contributed by atoms with Crippen LogP contribution in [0, 0.1) is 29.4 Å². The van der Waals surface area contributed by atoms with Crippen molar-refractivity contribution in [1.82, 2.24) is 0 Å². The fourth-order valence-corrected chi connectivity index (χ4v) is 4.65. The van der Waals surface area contributed by atoms with Crippen molar-refractivity contribution in [2.45, 2.75) is 77.0 Å². The van der Waals surface area contributed by atoms with E-state index < -0.39 is 11.6 Å². The minimum Gasteiger partial charge on any atom is -0.204 e. The summed E-state index contributed by atoms with van der Waals surface area (Å²) in [5.74, 6) is 1.50. The Morgan fingerprint density at radius 3 is 2.32 bits per heavy atom. The maximum absolute atomic E-state index is 13.4. The quantitative estimate of drug-likeness (QED) is 0.487. The van der Waals surface area contributed by atoms with Crippen LogP contribution in [0.3, 0.4) is 0 Å². The summed E-state index contributed by atoms with van der Waals surface area (Å²) in [4.78, 5) is 0. The van der Waals surface area contributed by atoms with Crippen LogP contribution in [0.1, 0.15) is 82.6 Å². The Hall–Kier alpha value is -1.18. The minimum absolute atomic E-state index is 0.393. The van der Waals surface area contributed by atoms with Gasteiger partial charge in [0.1, 0.15) is 0 Å². The zero-order valence-corrected chi connectivity index (χ0v) is 15.5. The Balaban J connectivity index is 1.38. The molecular weight excluding hydrogens is 314 g/mol. The fourth-order valence-electron chi connectivity index (χ4n) is 4.65. The van der Waals surface area contributed by atoms with Crippen LogP contribution in [-0.4, -0.2) is 0 Å². The second-order valence-corrected chi connectivity index (χ2v) is 8.42. The summed E-state index contributed by atoms with van der Waals surface area (Å²) in [7, 11) is 0. The lowest BCUT2D eigenvalue weighted by atomic mass is 9.78. The van der Waals surface area contributed by atoms with Crippen LogP contribution < -0.4 is 0 Å². The van der Waals surface area contributed by atoms with Crippen LogP contribution in [0.2, 0.25) is 0 Å². The van der Waals surface area contributed by atoms with E-state index in [1.807, 2.05) is 0 Å². The van der Waals surface area contributed by atoms with Gasteiger partial charge in [-0.3, -0.25) is 0 Å². The third-order valence-corrected chi connectivity index (χ3v) is 6.47. The second-order valence-electron chi connectivity index (χ2n) is 8.42. The highest BCUT2D eigenvalue weighted by Gasteiger charge is 2.22. The van der Waals surface area contributed by atoms with Crippen LogP contribution in [0.15, 0.2) is 30.4 Å². The third kappa shape index (κ3) is 5.39. The van der Waals surface area contributed by atoms with Crippen LogP contribution >= 0.6 is 0 Å². The van der Waals surface area contributed by atoms with Gasteiger partial charge in [0.25, 0.3) is 0 Å². The van der Waals surface area contributed by atoms with Gasteiger partial charge >= 0.3 is 0 Å². The monoisotopic (exact) mass is 346 g/mol. The van der Waals surface area contributed by atoms with Crippen LogP contribution in [0.5, 0.6) is 0 Å². The highest BCUT2D eigenvalue weighted by molar-refractivity contribution is 5.22. The molecule has 0 N–H and O–H groups in total. The van der Waals surface area contributed by atoms with Gasteiger partial charge in [-0.1, -0.05) is 50.8 Å². The van der Waals surface area contributed by atoms with Crippen LogP contribution in [0.4, 0.5) is 8.78 Å². The summed E-state index contributed by atoms with van der Waals surface area (Å²) in [6, 6.07) is 4.41. The molecule has 2 fully saturated rings. The molecule has 0 unspecified atom stereocenters. The molecule has 1 aromatic carbocycles. The maximum atomic E-state index is 13.4. The molecule has 3 rings (SSSR count). The Morgan fingerprint density at radius 1 is 0.920 bits per heavy atom. The largest absolute Gasteiger partial charge is 0.204 e. The van der Waals surface area contributed by atoms with Gasteiger partial charge in [0, 0.05) is 0 Å². The van der Waals surface area contributed by atoms with Gasteiger partial charge in [-0.2, -0.15) is 0 Å². The molecule has 1 aromatic rings. The summed E-state index contributed by atoms with van der Waals surface area (Å²) >= 11 is 0. The first kappa shape index (κ1) is 18.6. The zero-order valence-electron chi connectivity index (χ0n) is 15.5. The van der Waals surface area contributed by atoms with Crippen molar-refractivity contribution in [3.8, 4) is 0 Å². The van der Waals surface area contributed by atoms with Crippen LogP contribution in [-0.2, 0) is 0 Å². The summed E-state index contributed by atoms with van der Waals surface area (Å²) in [6.45, 7) is 2.38. The number of allylic oxidation sites excluding steroid dienone is 2. The Morgan fingerprint density at radius 2 is 1.64 bits per heavy atom. The van der Waals surface area contributed by atoms with Gasteiger partial charge in [-0.15, -0.1) is 0 Å². The minimum atomic E-state index is -0.743. The topological polar surface area (TPSA) is 0 Å². The molecule has 2 aliphatic rings. The maximum Gasteiger partial charge on any atom is 0.159 e. The molecule has 0 heterocycles. The van der Waals surface area contributed by atoms with E-state index in [0.717, 1.165) is 30.2 Å².